The van der Waals surface area contributed by atoms with Gasteiger partial charge in [-0.1, -0.05) is 56.3 Å². The fraction of sp³-hybridized carbons (Fsp3) is 0.308. The van der Waals surface area contributed by atoms with Crippen LogP contribution in [0.25, 0.3) is 6.08 Å². The Morgan fingerprint density at radius 2 is 1.70 bits per heavy atom. The number of hydrazine groups is 2. The van der Waals surface area contributed by atoms with E-state index in [1.54, 1.807) is 0 Å². The Morgan fingerprint density at radius 1 is 0.967 bits per heavy atom. The number of nitrogens with zero attached hydrogens (tertiary/aromatic N) is 3. The first-order valence-corrected chi connectivity index (χ1v) is 10.6. The fourth-order valence-electron chi connectivity index (χ4n) is 4.23. The molecule has 156 valence electrons. The van der Waals surface area contributed by atoms with Crippen molar-refractivity contribution in [2.45, 2.75) is 26.7 Å². The molecule has 4 rings (SSSR count). The average Bonchev–Trinajstić information content (AvgIpc) is 3.01. The van der Waals surface area contributed by atoms with Gasteiger partial charge in [-0.05, 0) is 59.2 Å². The van der Waals surface area contributed by atoms with E-state index < -0.39 is 0 Å². The first-order valence-electron chi connectivity index (χ1n) is 10.6. The molecule has 2 aliphatic rings. The lowest BCUT2D eigenvalue weighted by Gasteiger charge is -2.32. The summed E-state index contributed by atoms with van der Waals surface area (Å²) in [4.78, 5) is 2.12. The van der Waals surface area contributed by atoms with Crippen LogP contribution in [0.15, 0.2) is 78.0 Å². The average molecular weight is 401 g/mol. The molecule has 0 bridgehead atoms. The van der Waals surface area contributed by atoms with Crippen LogP contribution < -0.4 is 15.3 Å². The van der Waals surface area contributed by atoms with E-state index in [1.807, 2.05) is 0 Å². The summed E-state index contributed by atoms with van der Waals surface area (Å²) >= 11 is 0. The van der Waals surface area contributed by atoms with E-state index in [2.05, 4.69) is 128 Å². The van der Waals surface area contributed by atoms with Crippen LogP contribution in [0.2, 0.25) is 0 Å². The van der Waals surface area contributed by atoms with Crippen LogP contribution in [0.3, 0.4) is 0 Å². The zero-order valence-electron chi connectivity index (χ0n) is 18.7. The number of hydrogen-bond acceptors (Lipinski definition) is 4. The van der Waals surface area contributed by atoms with Crippen LogP contribution in [0, 0.1) is 5.41 Å². The zero-order chi connectivity index (χ0) is 21.3. The monoisotopic (exact) mass is 400 g/mol. The molecule has 0 spiro atoms. The van der Waals surface area contributed by atoms with E-state index in [-0.39, 0.29) is 5.41 Å². The Bertz CT molecular complexity index is 996. The number of nitrogens with one attached hydrogen (secondary N) is 1. The van der Waals surface area contributed by atoms with Gasteiger partial charge in [-0.2, -0.15) is 0 Å². The molecular weight excluding hydrogens is 368 g/mol. The summed E-state index contributed by atoms with van der Waals surface area (Å²) in [7, 11) is 6.23. The number of para-hydroxylation sites is 2. The third kappa shape index (κ3) is 4.38. The highest BCUT2D eigenvalue weighted by Crippen LogP contribution is 2.40. The second-order valence-electron chi connectivity index (χ2n) is 9.26. The first kappa shape index (κ1) is 20.1. The number of allylic oxidation sites excluding steroid dienone is 4. The van der Waals surface area contributed by atoms with Crippen molar-refractivity contribution >= 4 is 23.1 Å². The van der Waals surface area contributed by atoms with E-state index in [0.717, 1.165) is 18.5 Å². The molecular formula is C26H32N4. The maximum Gasteiger partial charge on any atom is 0.0839 e. The fourth-order valence-corrected chi connectivity index (χ4v) is 4.23. The van der Waals surface area contributed by atoms with Crippen molar-refractivity contribution in [1.29, 1.82) is 0 Å². The van der Waals surface area contributed by atoms with Gasteiger partial charge in [0.05, 0.1) is 11.4 Å². The van der Waals surface area contributed by atoms with Gasteiger partial charge in [0.15, 0.2) is 0 Å². The highest BCUT2D eigenvalue weighted by Gasteiger charge is 2.27. The molecule has 0 radical (unpaired) electrons. The molecule has 0 fully saturated rings. The minimum Gasteiger partial charge on any atom is -0.378 e. The topological polar surface area (TPSA) is 21.8 Å². The Labute approximate surface area is 180 Å². The maximum absolute atomic E-state index is 3.48. The molecule has 0 aromatic heterocycles. The van der Waals surface area contributed by atoms with Crippen molar-refractivity contribution < 1.29 is 0 Å². The summed E-state index contributed by atoms with van der Waals surface area (Å²) in [6.45, 7) is 4.70. The minimum absolute atomic E-state index is 0.236. The van der Waals surface area contributed by atoms with Crippen LogP contribution in [0.1, 0.15) is 32.3 Å². The quantitative estimate of drug-likeness (QED) is 0.670. The van der Waals surface area contributed by atoms with Crippen molar-refractivity contribution in [3.8, 4) is 0 Å². The second-order valence-corrected chi connectivity index (χ2v) is 9.26. The number of hydrogen-bond donors (Lipinski definition) is 1. The molecule has 1 N–H and O–H groups in total. The second kappa shape index (κ2) is 7.94. The largest absolute Gasteiger partial charge is 0.378 e. The number of benzene rings is 2. The molecule has 1 aliphatic heterocycles. The smallest absolute Gasteiger partial charge is 0.0839 e. The summed E-state index contributed by atoms with van der Waals surface area (Å²) in [5.74, 6) is 0. The molecule has 2 aromatic rings. The molecule has 0 unspecified atom stereocenters. The normalized spacial score (nSPS) is 19.1. The van der Waals surface area contributed by atoms with Crippen molar-refractivity contribution in [1.82, 2.24) is 5.12 Å². The molecule has 1 heterocycles. The van der Waals surface area contributed by atoms with E-state index in [0.29, 0.717) is 0 Å². The number of anilines is 3. The van der Waals surface area contributed by atoms with Gasteiger partial charge >= 0.3 is 0 Å². The van der Waals surface area contributed by atoms with Crippen LogP contribution in [0.5, 0.6) is 0 Å². The lowest BCUT2D eigenvalue weighted by molar-refractivity contribution is 0.349. The standard InChI is InChI=1S/C26H32N4/c1-26(2)17-21(11-10-20-12-14-23(15-13-20)28(3)4)16-22(18-26)19-30-27-24-8-6-7-9-25(24)29(30)5/h6-16,19,27H,17-18H2,1-5H3. The molecule has 4 nitrogen and oxygen atoms in total. The van der Waals surface area contributed by atoms with Crippen LogP contribution in [0.4, 0.5) is 17.1 Å². The van der Waals surface area contributed by atoms with E-state index in [1.165, 1.54) is 28.1 Å². The minimum atomic E-state index is 0.236. The molecule has 0 atom stereocenters. The Kier molecular flexibility index (Phi) is 5.33. The van der Waals surface area contributed by atoms with Gasteiger partial charge in [0.2, 0.25) is 0 Å². The van der Waals surface area contributed by atoms with Crippen LogP contribution >= 0.6 is 0 Å². The molecule has 2 aromatic carbocycles. The predicted molar refractivity (Wildman–Crippen MR) is 129 cm³/mol. The highest BCUT2D eigenvalue weighted by molar-refractivity contribution is 5.72. The van der Waals surface area contributed by atoms with Gasteiger partial charge in [0.1, 0.15) is 0 Å². The predicted octanol–water partition coefficient (Wildman–Crippen LogP) is 6.09. The van der Waals surface area contributed by atoms with Crippen molar-refractivity contribution in [2.75, 3.05) is 36.5 Å². The Morgan fingerprint density at radius 3 is 2.40 bits per heavy atom. The van der Waals surface area contributed by atoms with Crippen LogP contribution in [-0.4, -0.2) is 26.3 Å². The SMILES string of the molecule is CN(C)c1ccc(C=CC2=CC(=CN3Nc4ccccc4N3C)CC(C)(C)C2)cc1. The zero-order valence-corrected chi connectivity index (χ0v) is 18.7. The van der Waals surface area contributed by atoms with Crippen molar-refractivity contribution in [2.24, 2.45) is 5.41 Å². The molecule has 4 heteroatoms. The van der Waals surface area contributed by atoms with Gasteiger partial charge in [-0.25, -0.2) is 5.12 Å². The summed E-state index contributed by atoms with van der Waals surface area (Å²) in [5.41, 5.74) is 11.2. The first-order chi connectivity index (χ1) is 14.3. The summed E-state index contributed by atoms with van der Waals surface area (Å²) in [6, 6.07) is 17.1. The van der Waals surface area contributed by atoms with Gasteiger partial charge in [0, 0.05) is 33.0 Å². The van der Waals surface area contributed by atoms with E-state index in [4.69, 9.17) is 0 Å². The van der Waals surface area contributed by atoms with E-state index >= 15 is 0 Å². The van der Waals surface area contributed by atoms with E-state index in [9.17, 15) is 0 Å². The molecule has 1 aliphatic carbocycles. The van der Waals surface area contributed by atoms with Crippen LogP contribution in [-0.2, 0) is 0 Å². The lowest BCUT2D eigenvalue weighted by Crippen LogP contribution is -2.34. The summed E-state index contributed by atoms with van der Waals surface area (Å²) in [6.07, 6.45) is 11.2. The van der Waals surface area contributed by atoms with Gasteiger partial charge in [-0.15, -0.1) is 0 Å². The molecule has 0 saturated carbocycles. The highest BCUT2D eigenvalue weighted by atomic mass is 15.8. The molecule has 0 saturated heterocycles. The lowest BCUT2D eigenvalue weighted by atomic mass is 9.75. The van der Waals surface area contributed by atoms with Gasteiger partial charge in [0.25, 0.3) is 0 Å². The summed E-state index contributed by atoms with van der Waals surface area (Å²) < 4.78 is 0. The maximum atomic E-state index is 3.48. The Hall–Kier alpha value is -3.14. The number of rotatable bonds is 4. The molecule has 30 heavy (non-hydrogen) atoms. The number of fused-ring (bicyclic) bond motifs is 1. The molecule has 0 amide bonds. The third-order valence-corrected chi connectivity index (χ3v) is 5.73. The van der Waals surface area contributed by atoms with Gasteiger partial charge < -0.3 is 4.90 Å². The Balaban J connectivity index is 1.54. The van der Waals surface area contributed by atoms with Crippen molar-refractivity contribution in [3.05, 3.63) is 83.6 Å². The summed E-state index contributed by atoms with van der Waals surface area (Å²) in [5, 5.41) is 4.23. The van der Waals surface area contributed by atoms with Crippen molar-refractivity contribution in [3.63, 3.8) is 0 Å². The third-order valence-electron chi connectivity index (χ3n) is 5.73. The van der Waals surface area contributed by atoms with Gasteiger partial charge in [-0.3, -0.25) is 10.4 Å².